The van der Waals surface area contributed by atoms with Crippen LogP contribution in [-0.2, 0) is 16.6 Å². The molecule has 5 aliphatic rings. The van der Waals surface area contributed by atoms with E-state index in [1.165, 1.54) is 11.1 Å². The second-order valence-corrected chi connectivity index (χ2v) is 9.90. The fourth-order valence-corrected chi connectivity index (χ4v) is 7.62. The van der Waals surface area contributed by atoms with Crippen LogP contribution >= 0.6 is 0 Å². The molecule has 1 saturated heterocycles. The van der Waals surface area contributed by atoms with Gasteiger partial charge in [-0.1, -0.05) is 6.07 Å². The van der Waals surface area contributed by atoms with Crippen molar-refractivity contribution in [2.75, 3.05) is 13.7 Å². The molecule has 4 heteroatoms. The van der Waals surface area contributed by atoms with Crippen molar-refractivity contribution in [1.82, 2.24) is 5.32 Å². The number of aliphatic hydroxyl groups is 1. The van der Waals surface area contributed by atoms with Crippen LogP contribution in [0.2, 0.25) is 0 Å². The van der Waals surface area contributed by atoms with Crippen LogP contribution in [0.3, 0.4) is 0 Å². The number of phenolic OH excluding ortho intramolecular Hbond substituents is 1. The highest BCUT2D eigenvalue weighted by atomic mass is 16.5. The number of fused-ring (bicyclic) bond motifs is 3. The summed E-state index contributed by atoms with van der Waals surface area (Å²) < 4.78 is 6.24. The number of aromatic hydroxyl groups is 1. The van der Waals surface area contributed by atoms with Gasteiger partial charge in [0, 0.05) is 24.5 Å². The number of hydrogen-bond donors (Lipinski definition) is 3. The van der Waals surface area contributed by atoms with Gasteiger partial charge < -0.3 is 20.3 Å². The lowest BCUT2D eigenvalue weighted by atomic mass is 9.34. The number of rotatable bonds is 2. The third-order valence-electron chi connectivity index (χ3n) is 8.65. The van der Waals surface area contributed by atoms with Crippen molar-refractivity contribution in [3.63, 3.8) is 0 Å². The summed E-state index contributed by atoms with van der Waals surface area (Å²) in [5, 5.41) is 25.1. The van der Waals surface area contributed by atoms with Gasteiger partial charge in [0.25, 0.3) is 0 Å². The highest BCUT2D eigenvalue weighted by molar-refractivity contribution is 5.49. The summed E-state index contributed by atoms with van der Waals surface area (Å²) in [5.74, 6) is 0.514. The van der Waals surface area contributed by atoms with Gasteiger partial charge in [-0.2, -0.15) is 0 Å². The van der Waals surface area contributed by atoms with Gasteiger partial charge in [-0.05, 0) is 87.6 Å². The number of piperidine rings is 1. The maximum atomic E-state index is 11.0. The first-order valence-corrected chi connectivity index (χ1v) is 10.1. The number of nitrogens with one attached hydrogen (secondary N) is 1. The fraction of sp³-hybridized carbons (Fsp3) is 0.727. The molecule has 1 aliphatic heterocycles. The first-order valence-electron chi connectivity index (χ1n) is 10.1. The van der Waals surface area contributed by atoms with E-state index in [0.29, 0.717) is 11.8 Å². The molecule has 4 aliphatic carbocycles. The van der Waals surface area contributed by atoms with Crippen molar-refractivity contribution in [1.29, 1.82) is 0 Å². The molecule has 3 saturated carbocycles. The average Bonchev–Trinajstić information content (AvgIpc) is 2.61. The van der Waals surface area contributed by atoms with Gasteiger partial charge in [0.15, 0.2) is 0 Å². The molecule has 6 rings (SSSR count). The molecule has 0 aromatic heterocycles. The number of hydrogen-bond acceptors (Lipinski definition) is 4. The van der Waals surface area contributed by atoms with Crippen LogP contribution in [0, 0.1) is 11.3 Å². The zero-order chi connectivity index (χ0) is 18.4. The standard InChI is InChI=1S/C22H31NO3/c1-19(2,25)17-12-20-6-7-22(17,26-3)13-21(20)8-9-23-18(20)10-14-4-5-15(24)11-16(14)21/h4-5,11,17-18,23-25H,6-10,12-13H2,1-3H3/t17?,18-,20-,21-,22+/m1/s1. The number of phenols is 1. The van der Waals surface area contributed by atoms with Gasteiger partial charge in [-0.25, -0.2) is 0 Å². The molecule has 1 aromatic carbocycles. The summed E-state index contributed by atoms with van der Waals surface area (Å²) in [6, 6.07) is 6.43. The number of methoxy groups -OCH3 is 1. The average molecular weight is 357 g/mol. The second kappa shape index (κ2) is 5.03. The minimum atomic E-state index is -0.752. The largest absolute Gasteiger partial charge is 0.508 e. The Kier molecular flexibility index (Phi) is 3.30. The zero-order valence-corrected chi connectivity index (χ0v) is 16.1. The fourth-order valence-electron chi connectivity index (χ4n) is 7.62. The summed E-state index contributed by atoms with van der Waals surface area (Å²) in [4.78, 5) is 0. The third-order valence-corrected chi connectivity index (χ3v) is 8.65. The van der Waals surface area contributed by atoms with Crippen molar-refractivity contribution in [3.8, 4) is 5.75 Å². The molecule has 1 unspecified atom stereocenters. The highest BCUT2D eigenvalue weighted by Crippen LogP contribution is 2.72. The maximum absolute atomic E-state index is 11.0. The summed E-state index contributed by atoms with van der Waals surface area (Å²) in [5.41, 5.74) is 1.90. The van der Waals surface area contributed by atoms with Crippen molar-refractivity contribution >= 4 is 0 Å². The van der Waals surface area contributed by atoms with Crippen molar-refractivity contribution < 1.29 is 14.9 Å². The molecule has 1 spiro atoms. The molecule has 1 aromatic rings. The SMILES string of the molecule is CO[C@]12CC[C@@]3(CC1C(C)(C)O)[C@H]1Cc4ccc(O)cc4[C@@]3(CCN1)C2. The first-order chi connectivity index (χ1) is 12.3. The summed E-state index contributed by atoms with van der Waals surface area (Å²) in [7, 11) is 1.83. The van der Waals surface area contributed by atoms with E-state index in [0.717, 1.165) is 45.1 Å². The number of benzene rings is 1. The van der Waals surface area contributed by atoms with E-state index in [-0.39, 0.29) is 22.3 Å². The molecular weight excluding hydrogens is 326 g/mol. The van der Waals surface area contributed by atoms with Crippen LogP contribution in [0.4, 0.5) is 0 Å². The van der Waals surface area contributed by atoms with Gasteiger partial charge in [0.2, 0.25) is 0 Å². The maximum Gasteiger partial charge on any atom is 0.115 e. The molecule has 4 fully saturated rings. The number of ether oxygens (including phenoxy) is 1. The van der Waals surface area contributed by atoms with Gasteiger partial charge in [0.1, 0.15) is 5.75 Å². The van der Waals surface area contributed by atoms with Crippen LogP contribution in [0.25, 0.3) is 0 Å². The Balaban J connectivity index is 1.74. The van der Waals surface area contributed by atoms with E-state index in [9.17, 15) is 10.2 Å². The van der Waals surface area contributed by atoms with Crippen LogP contribution in [0.15, 0.2) is 18.2 Å². The van der Waals surface area contributed by atoms with Gasteiger partial charge >= 0.3 is 0 Å². The Bertz CT molecular complexity index is 756. The summed E-state index contributed by atoms with van der Waals surface area (Å²) >= 11 is 0. The smallest absolute Gasteiger partial charge is 0.115 e. The summed E-state index contributed by atoms with van der Waals surface area (Å²) in [6.45, 7) is 4.93. The van der Waals surface area contributed by atoms with Gasteiger partial charge in [0.05, 0.1) is 11.2 Å². The predicted molar refractivity (Wildman–Crippen MR) is 100 cm³/mol. The van der Waals surface area contributed by atoms with E-state index in [4.69, 9.17) is 4.74 Å². The van der Waals surface area contributed by atoms with Crippen LogP contribution in [0.5, 0.6) is 5.75 Å². The van der Waals surface area contributed by atoms with E-state index < -0.39 is 5.60 Å². The van der Waals surface area contributed by atoms with Crippen molar-refractivity contribution in [2.24, 2.45) is 11.3 Å². The lowest BCUT2D eigenvalue weighted by Gasteiger charge is -2.73. The van der Waals surface area contributed by atoms with Gasteiger partial charge in [-0.15, -0.1) is 0 Å². The van der Waals surface area contributed by atoms with E-state index in [1.54, 1.807) is 0 Å². The highest BCUT2D eigenvalue weighted by Gasteiger charge is 2.72. The minimum Gasteiger partial charge on any atom is -0.508 e. The molecule has 26 heavy (non-hydrogen) atoms. The lowest BCUT2D eigenvalue weighted by molar-refractivity contribution is -0.252. The normalized spacial score (nSPS) is 43.7. The molecule has 0 amide bonds. The van der Waals surface area contributed by atoms with Crippen LogP contribution in [0.1, 0.15) is 57.1 Å². The van der Waals surface area contributed by atoms with E-state index in [1.807, 2.05) is 33.1 Å². The lowest BCUT2D eigenvalue weighted by Crippen LogP contribution is -2.76. The van der Waals surface area contributed by atoms with Gasteiger partial charge in [-0.3, -0.25) is 0 Å². The Morgan fingerprint density at radius 3 is 2.77 bits per heavy atom. The van der Waals surface area contributed by atoms with Crippen molar-refractivity contribution in [3.05, 3.63) is 29.3 Å². The zero-order valence-electron chi connectivity index (χ0n) is 16.1. The molecule has 3 N–H and O–H groups in total. The molecule has 1 heterocycles. The monoisotopic (exact) mass is 357 g/mol. The Morgan fingerprint density at radius 2 is 2.04 bits per heavy atom. The molecular formula is C22H31NO3. The molecule has 4 bridgehead atoms. The topological polar surface area (TPSA) is 61.7 Å². The Morgan fingerprint density at radius 1 is 1.23 bits per heavy atom. The minimum absolute atomic E-state index is 0.0469. The Hall–Kier alpha value is -1.10. The molecule has 142 valence electrons. The van der Waals surface area contributed by atoms with Crippen LogP contribution in [-0.4, -0.2) is 41.1 Å². The van der Waals surface area contributed by atoms with Crippen LogP contribution < -0.4 is 5.32 Å². The molecule has 5 atom stereocenters. The van der Waals surface area contributed by atoms with E-state index in [2.05, 4.69) is 11.4 Å². The van der Waals surface area contributed by atoms with E-state index >= 15 is 0 Å². The van der Waals surface area contributed by atoms with Crippen molar-refractivity contribution in [2.45, 2.75) is 75.0 Å². The quantitative estimate of drug-likeness (QED) is 0.762. The molecule has 4 nitrogen and oxygen atoms in total. The first kappa shape index (κ1) is 17.0. The Labute approximate surface area is 155 Å². The molecule has 0 radical (unpaired) electrons. The second-order valence-electron chi connectivity index (χ2n) is 9.90. The predicted octanol–water partition coefficient (Wildman–Crippen LogP) is 2.89. The third kappa shape index (κ3) is 1.86. The summed E-state index contributed by atoms with van der Waals surface area (Å²) in [6.07, 6.45) is 6.23.